The summed E-state index contributed by atoms with van der Waals surface area (Å²) >= 11 is 1.01. The number of nitrogens with two attached hydrogens (primary N) is 1. The van der Waals surface area contributed by atoms with Crippen LogP contribution >= 0.6 is 11.3 Å². The number of hydrogen-bond acceptors (Lipinski definition) is 7. The first kappa shape index (κ1) is 23.7. The second kappa shape index (κ2) is 10.1. The summed E-state index contributed by atoms with van der Waals surface area (Å²) in [5.41, 5.74) is 9.83. The molecule has 1 aromatic heterocycles. The van der Waals surface area contributed by atoms with E-state index in [1.54, 1.807) is 13.8 Å². The fourth-order valence-electron chi connectivity index (χ4n) is 3.88. The minimum atomic E-state index is -0.638. The quantitative estimate of drug-likeness (QED) is 0.618. The van der Waals surface area contributed by atoms with E-state index in [-0.39, 0.29) is 29.5 Å². The molecule has 1 aromatic carbocycles. The van der Waals surface area contributed by atoms with Crippen LogP contribution in [0.5, 0.6) is 0 Å². The molecule has 0 spiro atoms. The van der Waals surface area contributed by atoms with Crippen molar-refractivity contribution in [2.75, 3.05) is 49.5 Å². The lowest BCUT2D eigenvalue weighted by atomic mass is 10.1. The fourth-order valence-corrected chi connectivity index (χ4v) is 4.94. The Bertz CT molecular complexity index is 1030. The summed E-state index contributed by atoms with van der Waals surface area (Å²) in [6.45, 7) is 11.1. The van der Waals surface area contributed by atoms with Crippen molar-refractivity contribution in [3.05, 3.63) is 45.3 Å². The highest BCUT2D eigenvalue weighted by Crippen LogP contribution is 2.33. The van der Waals surface area contributed by atoms with Crippen molar-refractivity contribution < 1.29 is 19.1 Å². The maximum atomic E-state index is 12.7. The molecular formula is C23H30N4O4S. The number of anilines is 2. The summed E-state index contributed by atoms with van der Waals surface area (Å²) in [5.74, 6) is -1.46. The molecule has 0 aliphatic carbocycles. The highest BCUT2D eigenvalue weighted by Gasteiger charge is 2.27. The Hall–Kier alpha value is -2.91. The maximum absolute atomic E-state index is 12.7. The topological polar surface area (TPSA) is 105 Å². The van der Waals surface area contributed by atoms with Crippen molar-refractivity contribution in [2.45, 2.75) is 27.7 Å². The van der Waals surface area contributed by atoms with E-state index in [0.29, 0.717) is 10.6 Å². The average molecular weight is 459 g/mol. The lowest BCUT2D eigenvalue weighted by molar-refractivity contribution is -0.117. The van der Waals surface area contributed by atoms with Gasteiger partial charge in [0.15, 0.2) is 0 Å². The molecule has 172 valence electrons. The highest BCUT2D eigenvalue weighted by atomic mass is 32.1. The van der Waals surface area contributed by atoms with Gasteiger partial charge in [0, 0.05) is 31.9 Å². The molecule has 2 heterocycles. The van der Waals surface area contributed by atoms with Gasteiger partial charge >= 0.3 is 5.97 Å². The van der Waals surface area contributed by atoms with Crippen LogP contribution < -0.4 is 16.0 Å². The van der Waals surface area contributed by atoms with Gasteiger partial charge in [0.05, 0.1) is 23.6 Å². The third-order valence-corrected chi connectivity index (χ3v) is 6.98. The molecule has 2 aromatic rings. The standard InChI is InChI=1S/C23H30N4O4S/c1-5-31-23(30)19-16(4)20(21(24)29)32-22(19)25-18(28)13-26-9-11-27(12-10-26)17-8-6-7-14(2)15(17)3/h6-8H,5,9-13H2,1-4H3,(H2,24,29)(H,25,28). The van der Waals surface area contributed by atoms with E-state index in [0.717, 1.165) is 37.5 Å². The SMILES string of the molecule is CCOC(=O)c1c(NC(=O)CN2CCN(c3cccc(C)c3C)CC2)sc(C(N)=O)c1C. The van der Waals surface area contributed by atoms with Crippen LogP contribution in [-0.4, -0.2) is 62.0 Å². The number of hydrogen-bond donors (Lipinski definition) is 2. The molecule has 1 saturated heterocycles. The van der Waals surface area contributed by atoms with Crippen LogP contribution in [0, 0.1) is 20.8 Å². The summed E-state index contributed by atoms with van der Waals surface area (Å²) in [7, 11) is 0. The Balaban J connectivity index is 1.64. The molecule has 0 unspecified atom stereocenters. The number of piperazine rings is 1. The third-order valence-electron chi connectivity index (χ3n) is 5.76. The zero-order valence-electron chi connectivity index (χ0n) is 19.0. The van der Waals surface area contributed by atoms with Gasteiger partial charge in [-0.25, -0.2) is 4.79 Å². The van der Waals surface area contributed by atoms with Crippen molar-refractivity contribution in [3.63, 3.8) is 0 Å². The van der Waals surface area contributed by atoms with Gasteiger partial charge in [-0.1, -0.05) is 12.1 Å². The summed E-state index contributed by atoms with van der Waals surface area (Å²) in [5, 5.41) is 3.09. The first-order valence-corrected chi connectivity index (χ1v) is 11.5. The van der Waals surface area contributed by atoms with Gasteiger partial charge in [-0.2, -0.15) is 0 Å². The molecule has 2 amide bonds. The lowest BCUT2D eigenvalue weighted by Gasteiger charge is -2.36. The molecule has 0 radical (unpaired) electrons. The van der Waals surface area contributed by atoms with Crippen molar-refractivity contribution in [2.24, 2.45) is 5.73 Å². The normalized spacial score (nSPS) is 14.3. The number of aryl methyl sites for hydroxylation is 1. The molecule has 32 heavy (non-hydrogen) atoms. The van der Waals surface area contributed by atoms with Gasteiger partial charge in [0.1, 0.15) is 5.00 Å². The number of amides is 2. The number of benzene rings is 1. The number of ether oxygens (including phenoxy) is 1. The lowest BCUT2D eigenvalue weighted by Crippen LogP contribution is -2.48. The molecule has 1 aliphatic heterocycles. The van der Waals surface area contributed by atoms with E-state index in [1.165, 1.54) is 16.8 Å². The van der Waals surface area contributed by atoms with E-state index in [2.05, 4.69) is 47.2 Å². The minimum absolute atomic E-state index is 0.193. The van der Waals surface area contributed by atoms with Crippen LogP contribution in [0.4, 0.5) is 10.7 Å². The molecule has 9 heteroatoms. The first-order valence-electron chi connectivity index (χ1n) is 10.7. The van der Waals surface area contributed by atoms with E-state index in [9.17, 15) is 14.4 Å². The Morgan fingerprint density at radius 2 is 1.78 bits per heavy atom. The number of carbonyl (C=O) groups is 3. The van der Waals surface area contributed by atoms with Crippen LogP contribution in [0.15, 0.2) is 18.2 Å². The van der Waals surface area contributed by atoms with E-state index in [1.807, 2.05) is 0 Å². The highest BCUT2D eigenvalue weighted by molar-refractivity contribution is 7.18. The number of esters is 1. The van der Waals surface area contributed by atoms with Gasteiger partial charge in [0.2, 0.25) is 5.91 Å². The van der Waals surface area contributed by atoms with Crippen LogP contribution in [0.2, 0.25) is 0 Å². The molecule has 3 N–H and O–H groups in total. The zero-order chi connectivity index (χ0) is 23.4. The summed E-state index contributed by atoms with van der Waals surface area (Å²) < 4.78 is 5.09. The number of rotatable bonds is 7. The average Bonchev–Trinajstić information content (AvgIpc) is 3.07. The molecule has 3 rings (SSSR count). The molecule has 1 aliphatic rings. The molecule has 8 nitrogen and oxygen atoms in total. The molecule has 0 bridgehead atoms. The number of primary amides is 1. The van der Waals surface area contributed by atoms with E-state index in [4.69, 9.17) is 10.5 Å². The van der Waals surface area contributed by atoms with Gasteiger partial charge in [-0.15, -0.1) is 11.3 Å². The Labute approximate surface area is 192 Å². The monoisotopic (exact) mass is 458 g/mol. The number of nitrogens with zero attached hydrogens (tertiary/aromatic N) is 2. The summed E-state index contributed by atoms with van der Waals surface area (Å²) in [6, 6.07) is 6.32. The maximum Gasteiger partial charge on any atom is 0.341 e. The second-order valence-corrected chi connectivity index (χ2v) is 8.90. The van der Waals surface area contributed by atoms with Crippen LogP contribution in [0.1, 0.15) is 43.6 Å². The zero-order valence-corrected chi connectivity index (χ0v) is 19.8. The van der Waals surface area contributed by atoms with Gasteiger partial charge in [-0.05, 0) is 50.5 Å². The van der Waals surface area contributed by atoms with Crippen LogP contribution in [0.3, 0.4) is 0 Å². The van der Waals surface area contributed by atoms with Crippen LogP contribution in [0.25, 0.3) is 0 Å². The van der Waals surface area contributed by atoms with E-state index < -0.39 is 11.9 Å². The largest absolute Gasteiger partial charge is 0.462 e. The second-order valence-electron chi connectivity index (χ2n) is 7.88. The Morgan fingerprint density at radius 1 is 1.09 bits per heavy atom. The number of thiophene rings is 1. The Morgan fingerprint density at radius 3 is 2.41 bits per heavy atom. The van der Waals surface area contributed by atoms with Crippen LogP contribution in [-0.2, 0) is 9.53 Å². The predicted molar refractivity (Wildman–Crippen MR) is 127 cm³/mol. The third kappa shape index (κ3) is 5.11. The molecule has 1 fully saturated rings. The molecule has 0 atom stereocenters. The van der Waals surface area contributed by atoms with Gasteiger partial charge < -0.3 is 20.7 Å². The van der Waals surface area contributed by atoms with Crippen molar-refractivity contribution in [1.82, 2.24) is 4.90 Å². The smallest absolute Gasteiger partial charge is 0.341 e. The first-order chi connectivity index (χ1) is 15.2. The fraction of sp³-hybridized carbons (Fsp3) is 0.435. The van der Waals surface area contributed by atoms with Crippen molar-refractivity contribution >= 4 is 39.8 Å². The summed E-state index contributed by atoms with van der Waals surface area (Å²) in [4.78, 5) is 41.5. The van der Waals surface area contributed by atoms with Gasteiger partial charge in [0.25, 0.3) is 5.91 Å². The predicted octanol–water partition coefficient (Wildman–Crippen LogP) is 2.71. The number of carbonyl (C=O) groups excluding carboxylic acids is 3. The number of nitrogens with one attached hydrogen (secondary N) is 1. The van der Waals surface area contributed by atoms with Crippen molar-refractivity contribution in [3.8, 4) is 0 Å². The molecular weight excluding hydrogens is 428 g/mol. The Kier molecular flexibility index (Phi) is 7.52. The summed E-state index contributed by atoms with van der Waals surface area (Å²) in [6.07, 6.45) is 0. The molecule has 0 saturated carbocycles. The van der Waals surface area contributed by atoms with Gasteiger partial charge in [-0.3, -0.25) is 14.5 Å². The van der Waals surface area contributed by atoms with Crippen molar-refractivity contribution in [1.29, 1.82) is 0 Å². The minimum Gasteiger partial charge on any atom is -0.462 e. The van der Waals surface area contributed by atoms with E-state index >= 15 is 0 Å².